The highest BCUT2D eigenvalue weighted by molar-refractivity contribution is 7.90. The van der Waals surface area contributed by atoms with Gasteiger partial charge in [0, 0.05) is 6.26 Å². The van der Waals surface area contributed by atoms with Crippen LogP contribution in [0.1, 0.15) is 60.0 Å². The van der Waals surface area contributed by atoms with E-state index < -0.39 is 15.8 Å². The summed E-state index contributed by atoms with van der Waals surface area (Å²) in [6, 6.07) is 3.24. The molecule has 4 nitrogen and oxygen atoms in total. The molecule has 1 N–H and O–H groups in total. The predicted molar refractivity (Wildman–Crippen MR) is 81.6 cm³/mol. The summed E-state index contributed by atoms with van der Waals surface area (Å²) in [5, 5.41) is 9.20. The lowest BCUT2D eigenvalue weighted by molar-refractivity contribution is 0.0695. The zero-order chi connectivity index (χ0) is 15.8. The zero-order valence-electron chi connectivity index (χ0n) is 12.7. The number of aromatic carboxylic acids is 1. The molecule has 2 rings (SSSR count). The molecule has 1 fully saturated rings. The van der Waals surface area contributed by atoms with Crippen LogP contribution < -0.4 is 0 Å². The van der Waals surface area contributed by atoms with E-state index >= 15 is 0 Å². The lowest BCUT2D eigenvalue weighted by Crippen LogP contribution is -2.16. The first-order valence-corrected chi connectivity index (χ1v) is 9.17. The van der Waals surface area contributed by atoms with E-state index in [1.54, 1.807) is 19.1 Å². The van der Waals surface area contributed by atoms with Crippen LogP contribution >= 0.6 is 0 Å². The SMILES string of the molecule is Cc1c(C(=O)O)ccc(C2CCC(C)CC2)c1S(C)(=O)=O. The van der Waals surface area contributed by atoms with Crippen LogP contribution in [0.25, 0.3) is 0 Å². The molecular weight excluding hydrogens is 288 g/mol. The maximum absolute atomic E-state index is 12.2. The van der Waals surface area contributed by atoms with Gasteiger partial charge in [0.1, 0.15) is 0 Å². The largest absolute Gasteiger partial charge is 0.478 e. The Bertz CT molecular complexity index is 653. The number of benzene rings is 1. The molecule has 21 heavy (non-hydrogen) atoms. The van der Waals surface area contributed by atoms with Gasteiger partial charge in [-0.1, -0.05) is 25.8 Å². The van der Waals surface area contributed by atoms with Crippen molar-refractivity contribution >= 4 is 15.8 Å². The van der Waals surface area contributed by atoms with E-state index in [2.05, 4.69) is 6.92 Å². The van der Waals surface area contributed by atoms with Gasteiger partial charge in [0.15, 0.2) is 9.84 Å². The molecule has 1 saturated carbocycles. The quantitative estimate of drug-likeness (QED) is 0.929. The van der Waals surface area contributed by atoms with Crippen LogP contribution in [0.5, 0.6) is 0 Å². The summed E-state index contributed by atoms with van der Waals surface area (Å²) < 4.78 is 24.3. The van der Waals surface area contributed by atoms with Gasteiger partial charge in [-0.05, 0) is 48.8 Å². The van der Waals surface area contributed by atoms with E-state index in [1.165, 1.54) is 0 Å². The third kappa shape index (κ3) is 3.28. The number of carbonyl (C=O) groups is 1. The van der Waals surface area contributed by atoms with E-state index in [4.69, 9.17) is 0 Å². The smallest absolute Gasteiger partial charge is 0.335 e. The molecule has 0 atom stereocenters. The van der Waals surface area contributed by atoms with E-state index in [0.717, 1.165) is 37.5 Å². The molecule has 1 aromatic rings. The molecular formula is C16H22O4S. The van der Waals surface area contributed by atoms with Crippen molar-refractivity contribution in [3.8, 4) is 0 Å². The molecule has 0 saturated heterocycles. The number of carboxylic acid groups (broad SMARTS) is 1. The molecule has 0 aromatic heterocycles. The molecule has 5 heteroatoms. The number of sulfone groups is 1. The Hall–Kier alpha value is -1.36. The van der Waals surface area contributed by atoms with Gasteiger partial charge in [0.2, 0.25) is 0 Å². The Morgan fingerprint density at radius 1 is 1.19 bits per heavy atom. The van der Waals surface area contributed by atoms with Crippen LogP contribution in [-0.2, 0) is 9.84 Å². The third-order valence-electron chi connectivity index (χ3n) is 4.49. The van der Waals surface area contributed by atoms with Gasteiger partial charge in [-0.2, -0.15) is 0 Å². The Balaban J connectivity index is 2.56. The standard InChI is InChI=1S/C16H22O4S/c1-10-4-6-12(7-5-10)14-9-8-13(16(17)18)11(2)15(14)21(3,19)20/h8-10,12H,4-7H2,1-3H3,(H,17,18). The topological polar surface area (TPSA) is 71.4 Å². The molecule has 0 amide bonds. The minimum atomic E-state index is -3.45. The lowest BCUT2D eigenvalue weighted by Gasteiger charge is -2.28. The van der Waals surface area contributed by atoms with Crippen molar-refractivity contribution < 1.29 is 18.3 Å². The van der Waals surface area contributed by atoms with E-state index in [9.17, 15) is 18.3 Å². The zero-order valence-corrected chi connectivity index (χ0v) is 13.5. The predicted octanol–water partition coefficient (Wildman–Crippen LogP) is 3.39. The molecule has 0 radical (unpaired) electrons. The first-order chi connectivity index (χ1) is 9.71. The van der Waals surface area contributed by atoms with E-state index in [0.29, 0.717) is 11.5 Å². The summed E-state index contributed by atoms with van der Waals surface area (Å²) in [5.41, 5.74) is 1.23. The van der Waals surface area contributed by atoms with Crippen molar-refractivity contribution in [3.63, 3.8) is 0 Å². The Labute approximate surface area is 126 Å². The summed E-state index contributed by atoms with van der Waals surface area (Å²) in [4.78, 5) is 11.5. The normalized spacial score (nSPS) is 23.0. The first-order valence-electron chi connectivity index (χ1n) is 7.28. The summed E-state index contributed by atoms with van der Waals surface area (Å²) in [5.74, 6) is -0.184. The highest BCUT2D eigenvalue weighted by atomic mass is 32.2. The van der Waals surface area contributed by atoms with E-state index in [1.807, 2.05) is 0 Å². The number of hydrogen-bond donors (Lipinski definition) is 1. The van der Waals surface area contributed by atoms with Crippen molar-refractivity contribution in [1.82, 2.24) is 0 Å². The van der Waals surface area contributed by atoms with Crippen LogP contribution in [0, 0.1) is 12.8 Å². The highest BCUT2D eigenvalue weighted by Gasteiger charge is 2.28. The average Bonchev–Trinajstić information content (AvgIpc) is 2.37. The van der Waals surface area contributed by atoms with Gasteiger partial charge < -0.3 is 5.11 Å². The van der Waals surface area contributed by atoms with Crippen LogP contribution in [0.3, 0.4) is 0 Å². The first kappa shape index (κ1) is 16.0. The summed E-state index contributed by atoms with van der Waals surface area (Å²) in [6.45, 7) is 3.81. The second-order valence-corrected chi connectivity index (χ2v) is 8.14. The number of carboxylic acids is 1. The third-order valence-corrected chi connectivity index (χ3v) is 5.78. The van der Waals surface area contributed by atoms with Crippen LogP contribution in [0.4, 0.5) is 0 Å². The van der Waals surface area contributed by atoms with Gasteiger partial charge in [0.05, 0.1) is 10.5 Å². The van der Waals surface area contributed by atoms with Crippen molar-refractivity contribution in [2.75, 3.05) is 6.26 Å². The van der Waals surface area contributed by atoms with Crippen molar-refractivity contribution in [3.05, 3.63) is 28.8 Å². The molecule has 0 bridgehead atoms. The molecule has 0 aliphatic heterocycles. The van der Waals surface area contributed by atoms with Crippen molar-refractivity contribution in [2.45, 2.75) is 50.3 Å². The van der Waals surface area contributed by atoms with Crippen LogP contribution in [0.2, 0.25) is 0 Å². The fraction of sp³-hybridized carbons (Fsp3) is 0.562. The molecule has 0 heterocycles. The fourth-order valence-corrected chi connectivity index (χ4v) is 4.66. The van der Waals surface area contributed by atoms with Gasteiger partial charge in [-0.25, -0.2) is 13.2 Å². The Morgan fingerprint density at radius 2 is 1.76 bits per heavy atom. The van der Waals surface area contributed by atoms with Gasteiger partial charge in [-0.15, -0.1) is 0 Å². The number of hydrogen-bond acceptors (Lipinski definition) is 3. The molecule has 1 aliphatic carbocycles. The molecule has 1 aromatic carbocycles. The van der Waals surface area contributed by atoms with Crippen LogP contribution in [-0.4, -0.2) is 25.7 Å². The lowest BCUT2D eigenvalue weighted by atomic mass is 9.79. The molecule has 0 unspecified atom stereocenters. The van der Waals surface area contributed by atoms with E-state index in [-0.39, 0.29) is 16.4 Å². The Morgan fingerprint density at radius 3 is 2.24 bits per heavy atom. The minimum Gasteiger partial charge on any atom is -0.478 e. The molecule has 116 valence electrons. The molecule has 1 aliphatic rings. The number of rotatable bonds is 3. The molecule has 0 spiro atoms. The van der Waals surface area contributed by atoms with Crippen LogP contribution in [0.15, 0.2) is 17.0 Å². The highest BCUT2D eigenvalue weighted by Crippen LogP contribution is 2.39. The minimum absolute atomic E-state index is 0.0725. The maximum atomic E-state index is 12.2. The van der Waals surface area contributed by atoms with Gasteiger partial charge in [-0.3, -0.25) is 0 Å². The summed E-state index contributed by atoms with van der Waals surface area (Å²) >= 11 is 0. The summed E-state index contributed by atoms with van der Waals surface area (Å²) in [6.07, 6.45) is 5.28. The Kier molecular flexibility index (Phi) is 4.42. The average molecular weight is 310 g/mol. The fourth-order valence-electron chi connectivity index (χ4n) is 3.33. The second-order valence-electron chi connectivity index (χ2n) is 6.19. The van der Waals surface area contributed by atoms with Gasteiger partial charge >= 0.3 is 5.97 Å². The van der Waals surface area contributed by atoms with Crippen molar-refractivity contribution in [1.29, 1.82) is 0 Å². The maximum Gasteiger partial charge on any atom is 0.335 e. The second kappa shape index (κ2) is 5.79. The van der Waals surface area contributed by atoms with Crippen molar-refractivity contribution in [2.24, 2.45) is 5.92 Å². The monoisotopic (exact) mass is 310 g/mol. The summed E-state index contributed by atoms with van der Waals surface area (Å²) in [7, 11) is -3.45. The van der Waals surface area contributed by atoms with Gasteiger partial charge in [0.25, 0.3) is 0 Å².